The van der Waals surface area contributed by atoms with Gasteiger partial charge in [0.1, 0.15) is 17.6 Å². The summed E-state index contributed by atoms with van der Waals surface area (Å²) in [6, 6.07) is 9.17. The average Bonchev–Trinajstić information content (AvgIpc) is 2.88. The zero-order chi connectivity index (χ0) is 14.5. The van der Waals surface area contributed by atoms with Gasteiger partial charge in [0, 0.05) is 11.9 Å². The third-order valence-corrected chi connectivity index (χ3v) is 2.62. The van der Waals surface area contributed by atoms with Crippen molar-refractivity contribution in [3.8, 4) is 11.8 Å². The normalized spacial score (nSPS) is 10.1. The first kappa shape index (κ1) is 13.8. The summed E-state index contributed by atoms with van der Waals surface area (Å²) in [4.78, 5) is 16.9. The second kappa shape index (κ2) is 5.99. The highest BCUT2D eigenvalue weighted by atomic mass is 19.1. The zero-order valence-electron chi connectivity index (χ0n) is 10.8. The number of hydrogen-bond donors (Lipinski definition) is 1. The van der Waals surface area contributed by atoms with Gasteiger partial charge < -0.3 is 4.57 Å². The van der Waals surface area contributed by atoms with Crippen molar-refractivity contribution in [1.29, 1.82) is 5.26 Å². The van der Waals surface area contributed by atoms with E-state index in [2.05, 4.69) is 5.48 Å². The van der Waals surface area contributed by atoms with E-state index < -0.39 is 11.7 Å². The predicted molar refractivity (Wildman–Crippen MR) is 69.5 cm³/mol. The van der Waals surface area contributed by atoms with Crippen molar-refractivity contribution in [3.63, 3.8) is 0 Å². The number of nitrogens with one attached hydrogen (secondary N) is 1. The number of hydrogen-bond acceptors (Lipinski definition) is 3. The van der Waals surface area contributed by atoms with Crippen LogP contribution in [0.3, 0.4) is 0 Å². The maximum atomic E-state index is 13.3. The Bertz CT molecular complexity index is 673. The molecule has 0 radical (unpaired) electrons. The lowest BCUT2D eigenvalue weighted by atomic mass is 10.2. The molecule has 0 aliphatic carbocycles. The van der Waals surface area contributed by atoms with E-state index in [9.17, 15) is 9.18 Å². The first-order valence-corrected chi connectivity index (χ1v) is 5.97. The summed E-state index contributed by atoms with van der Waals surface area (Å²) in [5.74, 6) is -0.983. The quantitative estimate of drug-likeness (QED) is 0.868. The molecule has 20 heavy (non-hydrogen) atoms. The average molecular weight is 273 g/mol. The van der Waals surface area contributed by atoms with Gasteiger partial charge in [-0.3, -0.25) is 9.63 Å². The summed E-state index contributed by atoms with van der Waals surface area (Å²) < 4.78 is 14.7. The Labute approximate surface area is 115 Å². The topological polar surface area (TPSA) is 67.0 Å². The first-order valence-electron chi connectivity index (χ1n) is 5.97. The lowest BCUT2D eigenvalue weighted by Crippen LogP contribution is -2.26. The van der Waals surface area contributed by atoms with Crippen LogP contribution in [-0.4, -0.2) is 17.1 Å². The molecule has 0 saturated heterocycles. The Hall–Kier alpha value is -2.65. The number of aromatic nitrogens is 1. The summed E-state index contributed by atoms with van der Waals surface area (Å²) in [5.41, 5.74) is 2.97. The molecular formula is C14H12FN3O2. The number of halogens is 1. The fourth-order valence-corrected chi connectivity index (χ4v) is 1.78. The molecule has 0 unspecified atom stereocenters. The number of rotatable bonds is 4. The van der Waals surface area contributed by atoms with E-state index in [-0.39, 0.29) is 11.3 Å². The van der Waals surface area contributed by atoms with Gasteiger partial charge in [-0.25, -0.2) is 9.87 Å². The minimum absolute atomic E-state index is 0.103. The third kappa shape index (κ3) is 2.68. The molecule has 1 amide bonds. The summed E-state index contributed by atoms with van der Waals surface area (Å²) in [5, 5.41) is 9.05. The van der Waals surface area contributed by atoms with Crippen LogP contribution < -0.4 is 5.48 Å². The molecule has 0 bridgehead atoms. The summed E-state index contributed by atoms with van der Waals surface area (Å²) in [6.07, 6.45) is 1.54. The number of nitriles is 1. The molecule has 1 N–H and O–H groups in total. The third-order valence-electron chi connectivity index (χ3n) is 2.62. The van der Waals surface area contributed by atoms with Crippen molar-refractivity contribution < 1.29 is 14.0 Å². The van der Waals surface area contributed by atoms with Crippen molar-refractivity contribution in [1.82, 2.24) is 10.0 Å². The standard InChI is InChI=1S/C14H12FN3O2/c1-2-20-17-14(19)13-10(9-16)6-7-18(13)12-5-3-4-11(15)8-12/h3-8H,2H2,1H3,(H,17,19). The molecule has 1 heterocycles. The summed E-state index contributed by atoms with van der Waals surface area (Å²) in [7, 11) is 0. The molecule has 0 fully saturated rings. The molecule has 5 nitrogen and oxygen atoms in total. The number of carbonyl (C=O) groups is 1. The minimum Gasteiger partial charge on any atom is -0.311 e. The SMILES string of the molecule is CCONC(=O)c1c(C#N)ccn1-c1cccc(F)c1. The second-order valence-corrected chi connectivity index (χ2v) is 3.90. The van der Waals surface area contributed by atoms with Crippen molar-refractivity contribution in [2.24, 2.45) is 0 Å². The Morgan fingerprint density at radius 2 is 2.30 bits per heavy atom. The van der Waals surface area contributed by atoms with Crippen LogP contribution in [0.25, 0.3) is 5.69 Å². The van der Waals surface area contributed by atoms with E-state index in [4.69, 9.17) is 10.1 Å². The summed E-state index contributed by atoms with van der Waals surface area (Å²) >= 11 is 0. The van der Waals surface area contributed by atoms with E-state index in [1.165, 1.54) is 35.0 Å². The maximum absolute atomic E-state index is 13.3. The van der Waals surface area contributed by atoms with Gasteiger partial charge in [-0.2, -0.15) is 5.26 Å². The highest BCUT2D eigenvalue weighted by molar-refractivity contribution is 5.95. The zero-order valence-corrected chi connectivity index (χ0v) is 10.8. The van der Waals surface area contributed by atoms with Crippen molar-refractivity contribution in [3.05, 3.63) is 53.6 Å². The van der Waals surface area contributed by atoms with Gasteiger partial charge in [-0.05, 0) is 31.2 Å². The molecule has 2 aromatic rings. The maximum Gasteiger partial charge on any atom is 0.293 e. The molecule has 1 aromatic carbocycles. The van der Waals surface area contributed by atoms with E-state index in [1.54, 1.807) is 13.0 Å². The molecular weight excluding hydrogens is 261 g/mol. The molecule has 0 aliphatic heterocycles. The molecule has 2 rings (SSSR count). The van der Waals surface area contributed by atoms with E-state index in [1.807, 2.05) is 6.07 Å². The number of hydroxylamine groups is 1. The van der Waals surface area contributed by atoms with Crippen molar-refractivity contribution >= 4 is 5.91 Å². The van der Waals surface area contributed by atoms with Gasteiger partial charge >= 0.3 is 0 Å². The van der Waals surface area contributed by atoms with Gasteiger partial charge in [0.15, 0.2) is 0 Å². The Balaban J connectivity index is 2.47. The van der Waals surface area contributed by atoms with Crippen molar-refractivity contribution in [2.45, 2.75) is 6.92 Å². The number of carbonyl (C=O) groups excluding carboxylic acids is 1. The largest absolute Gasteiger partial charge is 0.311 e. The van der Waals surface area contributed by atoms with Gasteiger partial charge in [0.05, 0.1) is 12.2 Å². The van der Waals surface area contributed by atoms with Crippen LogP contribution in [0.1, 0.15) is 23.0 Å². The molecule has 0 spiro atoms. The lowest BCUT2D eigenvalue weighted by Gasteiger charge is -2.10. The van der Waals surface area contributed by atoms with E-state index >= 15 is 0 Å². The fraction of sp³-hybridized carbons (Fsp3) is 0.143. The smallest absolute Gasteiger partial charge is 0.293 e. The fourth-order valence-electron chi connectivity index (χ4n) is 1.78. The van der Waals surface area contributed by atoms with Crippen LogP contribution in [0.15, 0.2) is 36.5 Å². The van der Waals surface area contributed by atoms with Gasteiger partial charge in [0.2, 0.25) is 0 Å². The Morgan fingerprint density at radius 3 is 2.95 bits per heavy atom. The molecule has 0 atom stereocenters. The molecule has 102 valence electrons. The first-order chi connectivity index (χ1) is 9.67. The van der Waals surface area contributed by atoms with Crippen LogP contribution in [-0.2, 0) is 4.84 Å². The highest BCUT2D eigenvalue weighted by Crippen LogP contribution is 2.17. The second-order valence-electron chi connectivity index (χ2n) is 3.90. The van der Waals surface area contributed by atoms with Crippen LogP contribution in [0.2, 0.25) is 0 Å². The molecule has 1 aromatic heterocycles. The van der Waals surface area contributed by atoms with E-state index in [0.29, 0.717) is 12.3 Å². The van der Waals surface area contributed by atoms with Gasteiger partial charge in [0.25, 0.3) is 5.91 Å². The Morgan fingerprint density at radius 1 is 1.50 bits per heavy atom. The predicted octanol–water partition coefficient (Wildman–Crippen LogP) is 2.17. The Kier molecular flexibility index (Phi) is 4.13. The minimum atomic E-state index is -0.558. The van der Waals surface area contributed by atoms with Crippen molar-refractivity contribution in [2.75, 3.05) is 6.61 Å². The van der Waals surface area contributed by atoms with Crippen LogP contribution >= 0.6 is 0 Å². The van der Waals surface area contributed by atoms with Gasteiger partial charge in [-0.1, -0.05) is 6.07 Å². The molecule has 0 saturated carbocycles. The monoisotopic (exact) mass is 273 g/mol. The van der Waals surface area contributed by atoms with E-state index in [0.717, 1.165) is 0 Å². The number of benzene rings is 1. The van der Waals surface area contributed by atoms with Crippen LogP contribution in [0.4, 0.5) is 4.39 Å². The number of amides is 1. The number of nitrogens with zero attached hydrogens (tertiary/aromatic N) is 2. The lowest BCUT2D eigenvalue weighted by molar-refractivity contribution is 0.0358. The van der Waals surface area contributed by atoms with Crippen LogP contribution in [0, 0.1) is 17.1 Å². The molecule has 0 aliphatic rings. The molecule has 6 heteroatoms. The summed E-state index contributed by atoms with van der Waals surface area (Å²) in [6.45, 7) is 2.02. The highest BCUT2D eigenvalue weighted by Gasteiger charge is 2.18. The van der Waals surface area contributed by atoms with Crippen LogP contribution in [0.5, 0.6) is 0 Å². The van der Waals surface area contributed by atoms with Gasteiger partial charge in [-0.15, -0.1) is 0 Å².